The average molecular weight is 419 g/mol. The lowest BCUT2D eigenvalue weighted by molar-refractivity contribution is 0.0911. The number of amides is 1. The van der Waals surface area contributed by atoms with Gasteiger partial charge in [-0.15, -0.1) is 0 Å². The molecule has 2 aromatic heterocycles. The van der Waals surface area contributed by atoms with E-state index in [0.29, 0.717) is 17.5 Å². The molecule has 7 heteroatoms. The van der Waals surface area contributed by atoms with Crippen LogP contribution in [0.15, 0.2) is 54.5 Å². The van der Waals surface area contributed by atoms with Crippen LogP contribution in [0.1, 0.15) is 28.1 Å². The zero-order valence-corrected chi connectivity index (χ0v) is 16.3. The fourth-order valence-corrected chi connectivity index (χ4v) is 3.03. The predicted octanol–water partition coefficient (Wildman–Crippen LogP) is 3.49. The molecule has 2 heterocycles. The van der Waals surface area contributed by atoms with E-state index in [1.165, 1.54) is 6.07 Å². The molecule has 0 spiro atoms. The smallest absolute Gasteiger partial charge is 0.287 e. The predicted molar refractivity (Wildman–Crippen MR) is 102 cm³/mol. The minimum Gasteiger partial charge on any atom is -0.465 e. The third-order valence-corrected chi connectivity index (χ3v) is 4.58. The molecule has 0 aliphatic heterocycles. The molecule has 1 unspecified atom stereocenters. The lowest BCUT2D eigenvalue weighted by atomic mass is 10.2. The number of fused-ring (bicyclic) bond motifs is 1. The van der Waals surface area contributed by atoms with Crippen molar-refractivity contribution in [2.75, 3.05) is 20.6 Å². The van der Waals surface area contributed by atoms with Crippen LogP contribution in [0.25, 0.3) is 11.0 Å². The molecule has 0 bridgehead atoms. The summed E-state index contributed by atoms with van der Waals surface area (Å²) in [6.07, 6.45) is 0. The summed E-state index contributed by atoms with van der Waals surface area (Å²) in [6, 6.07) is 9.94. The zero-order chi connectivity index (χ0) is 18.8. The monoisotopic (exact) mass is 418 g/mol. The van der Waals surface area contributed by atoms with Crippen LogP contribution >= 0.6 is 15.9 Å². The van der Waals surface area contributed by atoms with Gasteiger partial charge in [-0.05, 0) is 51.4 Å². The first-order chi connectivity index (χ1) is 12.3. The number of nitrogens with one attached hydrogen (secondary N) is 1. The molecule has 0 saturated heterocycles. The number of likely N-dealkylation sites (N-methyl/N-ethyl adjacent to an activating group) is 1. The molecule has 136 valence electrons. The highest BCUT2D eigenvalue weighted by molar-refractivity contribution is 9.10. The molecule has 1 aromatic carbocycles. The Morgan fingerprint density at radius 3 is 2.62 bits per heavy atom. The molecule has 26 heavy (non-hydrogen) atoms. The maximum atomic E-state index is 12.5. The Morgan fingerprint density at radius 2 is 1.96 bits per heavy atom. The average Bonchev–Trinajstić information content (AvgIpc) is 3.00. The van der Waals surface area contributed by atoms with Gasteiger partial charge in [-0.2, -0.15) is 0 Å². The van der Waals surface area contributed by atoms with Gasteiger partial charge < -0.3 is 14.2 Å². The van der Waals surface area contributed by atoms with Crippen molar-refractivity contribution in [1.29, 1.82) is 0 Å². The first-order valence-corrected chi connectivity index (χ1v) is 8.89. The second-order valence-electron chi connectivity index (χ2n) is 6.25. The fourth-order valence-electron chi connectivity index (χ4n) is 2.69. The van der Waals surface area contributed by atoms with Crippen LogP contribution in [0.5, 0.6) is 0 Å². The van der Waals surface area contributed by atoms with E-state index in [1.807, 2.05) is 38.1 Å². The number of hydrogen-bond donors (Lipinski definition) is 1. The third kappa shape index (κ3) is 3.89. The van der Waals surface area contributed by atoms with E-state index in [0.717, 1.165) is 16.0 Å². The van der Waals surface area contributed by atoms with Crippen LogP contribution in [-0.4, -0.2) is 31.4 Å². The Balaban J connectivity index is 1.81. The maximum absolute atomic E-state index is 12.5. The Labute approximate surface area is 158 Å². The Bertz CT molecular complexity index is 1010. The highest BCUT2D eigenvalue weighted by Gasteiger charge is 2.20. The molecular weight excluding hydrogens is 400 g/mol. The van der Waals surface area contributed by atoms with E-state index >= 15 is 0 Å². The van der Waals surface area contributed by atoms with Crippen molar-refractivity contribution < 1.29 is 13.6 Å². The van der Waals surface area contributed by atoms with Crippen molar-refractivity contribution in [3.8, 4) is 0 Å². The van der Waals surface area contributed by atoms with Crippen LogP contribution in [0.3, 0.4) is 0 Å². The molecule has 6 nitrogen and oxygen atoms in total. The van der Waals surface area contributed by atoms with Gasteiger partial charge in [0.15, 0.2) is 11.2 Å². The number of benzene rings is 1. The summed E-state index contributed by atoms with van der Waals surface area (Å²) in [6.45, 7) is 2.19. The van der Waals surface area contributed by atoms with Crippen LogP contribution in [-0.2, 0) is 0 Å². The van der Waals surface area contributed by atoms with Gasteiger partial charge in [0.1, 0.15) is 17.1 Å². The molecule has 1 N–H and O–H groups in total. The molecule has 0 aliphatic rings. The van der Waals surface area contributed by atoms with Crippen LogP contribution in [0.2, 0.25) is 0 Å². The SMILES string of the molecule is Cc1ccc(C(CNC(=O)c2cc(=O)c3ccc(Br)cc3o2)N(C)C)o1. The van der Waals surface area contributed by atoms with Gasteiger partial charge in [-0.1, -0.05) is 15.9 Å². The Kier molecular flexibility index (Phi) is 5.29. The quantitative estimate of drug-likeness (QED) is 0.686. The third-order valence-electron chi connectivity index (χ3n) is 4.08. The van der Waals surface area contributed by atoms with Gasteiger partial charge in [0.25, 0.3) is 5.91 Å². The molecule has 3 rings (SSSR count). The number of carbonyl (C=O) groups excluding carboxylic acids is 1. The summed E-state index contributed by atoms with van der Waals surface area (Å²) in [7, 11) is 3.81. The summed E-state index contributed by atoms with van der Waals surface area (Å²) in [5, 5.41) is 3.24. The highest BCUT2D eigenvalue weighted by atomic mass is 79.9. The van der Waals surface area contributed by atoms with Gasteiger partial charge in [-0.25, -0.2) is 0 Å². The van der Waals surface area contributed by atoms with Crippen LogP contribution < -0.4 is 10.7 Å². The number of furan rings is 1. The number of rotatable bonds is 5. The summed E-state index contributed by atoms with van der Waals surface area (Å²) in [4.78, 5) is 26.6. The van der Waals surface area contributed by atoms with Crippen molar-refractivity contribution in [1.82, 2.24) is 10.2 Å². The Hall–Kier alpha value is -2.38. The van der Waals surface area contributed by atoms with Gasteiger partial charge in [-0.3, -0.25) is 14.5 Å². The van der Waals surface area contributed by atoms with Gasteiger partial charge in [0.2, 0.25) is 0 Å². The van der Waals surface area contributed by atoms with Gasteiger partial charge in [0, 0.05) is 17.1 Å². The number of aryl methyl sites for hydroxylation is 1. The van der Waals surface area contributed by atoms with E-state index < -0.39 is 5.91 Å². The minimum absolute atomic E-state index is 0.0197. The number of hydrogen-bond acceptors (Lipinski definition) is 5. The van der Waals surface area contributed by atoms with E-state index in [2.05, 4.69) is 21.2 Å². The summed E-state index contributed by atoms with van der Waals surface area (Å²) in [5.41, 5.74) is 0.109. The summed E-state index contributed by atoms with van der Waals surface area (Å²) < 4.78 is 12.0. The minimum atomic E-state index is -0.445. The molecule has 3 aromatic rings. The molecule has 1 atom stereocenters. The second kappa shape index (κ2) is 7.47. The van der Waals surface area contributed by atoms with E-state index in [-0.39, 0.29) is 17.2 Å². The molecular formula is C19H19BrN2O4. The molecule has 0 fully saturated rings. The Morgan fingerprint density at radius 1 is 1.19 bits per heavy atom. The standard InChI is InChI=1S/C19H19BrN2O4/c1-11-4-7-16(25-11)14(22(2)3)10-21-19(24)18-9-15(23)13-6-5-12(20)8-17(13)26-18/h4-9,14H,10H2,1-3H3,(H,21,24). The summed E-state index contributed by atoms with van der Waals surface area (Å²) >= 11 is 3.33. The van der Waals surface area contributed by atoms with Gasteiger partial charge >= 0.3 is 0 Å². The largest absolute Gasteiger partial charge is 0.465 e. The van der Waals surface area contributed by atoms with Crippen molar-refractivity contribution in [3.63, 3.8) is 0 Å². The number of halogens is 1. The normalized spacial score (nSPS) is 12.5. The fraction of sp³-hybridized carbons (Fsp3) is 0.263. The first-order valence-electron chi connectivity index (χ1n) is 8.09. The van der Waals surface area contributed by atoms with Crippen LogP contribution in [0, 0.1) is 6.92 Å². The van der Waals surface area contributed by atoms with E-state index in [1.54, 1.807) is 18.2 Å². The van der Waals surface area contributed by atoms with Crippen LogP contribution in [0.4, 0.5) is 0 Å². The van der Waals surface area contributed by atoms with E-state index in [4.69, 9.17) is 8.83 Å². The van der Waals surface area contributed by atoms with Crippen molar-refractivity contribution in [2.24, 2.45) is 0 Å². The zero-order valence-electron chi connectivity index (χ0n) is 14.7. The van der Waals surface area contributed by atoms with Crippen molar-refractivity contribution >= 4 is 32.8 Å². The number of carbonyl (C=O) groups is 1. The number of nitrogens with zero attached hydrogens (tertiary/aromatic N) is 1. The molecule has 0 radical (unpaired) electrons. The first kappa shape index (κ1) is 18.4. The lowest BCUT2D eigenvalue weighted by Crippen LogP contribution is -2.34. The van der Waals surface area contributed by atoms with Gasteiger partial charge in [0.05, 0.1) is 11.4 Å². The van der Waals surface area contributed by atoms with E-state index in [9.17, 15) is 9.59 Å². The second-order valence-corrected chi connectivity index (χ2v) is 7.17. The van der Waals surface area contributed by atoms with Crippen molar-refractivity contribution in [2.45, 2.75) is 13.0 Å². The maximum Gasteiger partial charge on any atom is 0.287 e. The highest BCUT2D eigenvalue weighted by Crippen LogP contribution is 2.21. The molecule has 0 saturated carbocycles. The lowest BCUT2D eigenvalue weighted by Gasteiger charge is -2.22. The molecule has 0 aliphatic carbocycles. The topological polar surface area (TPSA) is 75.7 Å². The van der Waals surface area contributed by atoms with Crippen molar-refractivity contribution in [3.05, 3.63) is 68.4 Å². The summed E-state index contributed by atoms with van der Waals surface area (Å²) in [5.74, 6) is 1.11. The molecule has 1 amide bonds.